The maximum absolute atomic E-state index is 12.3. The van der Waals surface area contributed by atoms with Gasteiger partial charge in [-0.2, -0.15) is 36.9 Å². The van der Waals surface area contributed by atoms with Crippen LogP contribution in [-0.2, 0) is 24.2 Å². The highest BCUT2D eigenvalue weighted by molar-refractivity contribution is 5.30. The van der Waals surface area contributed by atoms with Crippen LogP contribution in [0.25, 0.3) is 0 Å². The van der Waals surface area contributed by atoms with Gasteiger partial charge in [0.1, 0.15) is 28.5 Å². The largest absolute Gasteiger partial charge is 0.433 e. The summed E-state index contributed by atoms with van der Waals surface area (Å²) in [6.07, 6.45) is -6.08. The normalized spacial score (nSPS) is 14.9. The molecule has 2 heterocycles. The van der Waals surface area contributed by atoms with E-state index in [2.05, 4.69) is 19.9 Å². The second-order valence-electron chi connectivity index (χ2n) is 5.65. The lowest BCUT2D eigenvalue weighted by atomic mass is 10.1. The zero-order valence-electron chi connectivity index (χ0n) is 13.9. The zero-order valence-corrected chi connectivity index (χ0v) is 13.9. The predicted molar refractivity (Wildman–Crippen MR) is 79.9 cm³/mol. The molecule has 3 rings (SSSR count). The summed E-state index contributed by atoms with van der Waals surface area (Å²) in [4.78, 5) is 13.8. The monoisotopic (exact) mass is 400 g/mol. The number of halogens is 6. The molecular formula is C16H10F6N6. The summed E-state index contributed by atoms with van der Waals surface area (Å²) >= 11 is 0. The van der Waals surface area contributed by atoms with E-state index in [1.807, 2.05) is 6.07 Å². The summed E-state index contributed by atoms with van der Waals surface area (Å²) in [6.45, 7) is 0. The van der Waals surface area contributed by atoms with E-state index in [1.54, 1.807) is 6.07 Å². The van der Waals surface area contributed by atoms with Crippen molar-refractivity contribution in [2.45, 2.75) is 37.0 Å². The Labute approximate surface area is 154 Å². The molecule has 0 bridgehead atoms. The van der Waals surface area contributed by atoms with E-state index in [0.29, 0.717) is 12.8 Å². The van der Waals surface area contributed by atoms with Crippen molar-refractivity contribution in [3.8, 4) is 12.1 Å². The van der Waals surface area contributed by atoms with E-state index < -0.39 is 29.2 Å². The first-order chi connectivity index (χ1) is 13.0. The number of hydrogen-bond acceptors (Lipinski definition) is 6. The summed E-state index contributed by atoms with van der Waals surface area (Å²) in [5.74, 6) is -0.128. The standard InChI is InChI=1S/C9H6F3N3.C7H4F3N3/c10-9(11,12)6-1-4-14-7(15-6)8(5-13)2-3-8;8-7(9,10)5-2-4-12-6(13-5)1-3-11/h1,4H,2-3H2;2,4H,1H2. The van der Waals surface area contributed by atoms with Crippen LogP contribution in [0.5, 0.6) is 0 Å². The van der Waals surface area contributed by atoms with E-state index in [4.69, 9.17) is 10.5 Å². The Morgan fingerprint density at radius 3 is 1.89 bits per heavy atom. The number of alkyl halides is 6. The van der Waals surface area contributed by atoms with Crippen LogP contribution in [0.3, 0.4) is 0 Å². The van der Waals surface area contributed by atoms with Crippen molar-refractivity contribution >= 4 is 0 Å². The van der Waals surface area contributed by atoms with E-state index in [-0.39, 0.29) is 18.1 Å². The van der Waals surface area contributed by atoms with Crippen molar-refractivity contribution in [1.29, 1.82) is 10.5 Å². The highest BCUT2D eigenvalue weighted by Crippen LogP contribution is 2.46. The first-order valence-electron chi connectivity index (χ1n) is 7.60. The van der Waals surface area contributed by atoms with Crippen LogP contribution in [-0.4, -0.2) is 19.9 Å². The molecular weight excluding hydrogens is 390 g/mol. The highest BCUT2D eigenvalue weighted by atomic mass is 19.4. The van der Waals surface area contributed by atoms with Crippen molar-refractivity contribution in [3.05, 3.63) is 47.6 Å². The quantitative estimate of drug-likeness (QED) is 0.714. The van der Waals surface area contributed by atoms with Gasteiger partial charge < -0.3 is 0 Å². The van der Waals surface area contributed by atoms with Gasteiger partial charge in [0.25, 0.3) is 0 Å². The third kappa shape index (κ3) is 5.13. The molecule has 0 unspecified atom stereocenters. The average molecular weight is 400 g/mol. The number of nitriles is 2. The molecule has 0 atom stereocenters. The molecule has 12 heteroatoms. The maximum Gasteiger partial charge on any atom is 0.433 e. The van der Waals surface area contributed by atoms with Crippen molar-refractivity contribution in [2.75, 3.05) is 0 Å². The Balaban J connectivity index is 0.000000203. The van der Waals surface area contributed by atoms with Gasteiger partial charge >= 0.3 is 12.4 Å². The lowest BCUT2D eigenvalue weighted by Crippen LogP contribution is -2.15. The summed E-state index contributed by atoms with van der Waals surface area (Å²) < 4.78 is 73.0. The summed E-state index contributed by atoms with van der Waals surface area (Å²) in [5, 5.41) is 17.0. The van der Waals surface area contributed by atoms with E-state index in [9.17, 15) is 26.3 Å². The smallest absolute Gasteiger partial charge is 0.240 e. The second-order valence-corrected chi connectivity index (χ2v) is 5.65. The van der Waals surface area contributed by atoms with Gasteiger partial charge in [0.05, 0.1) is 18.6 Å². The molecule has 2 aromatic rings. The predicted octanol–water partition coefficient (Wildman–Crippen LogP) is 3.61. The van der Waals surface area contributed by atoms with Crippen molar-refractivity contribution in [1.82, 2.24) is 19.9 Å². The number of hydrogen-bond donors (Lipinski definition) is 0. The summed E-state index contributed by atoms with van der Waals surface area (Å²) in [5.41, 5.74) is -2.89. The van der Waals surface area contributed by atoms with Crippen LogP contribution in [0, 0.1) is 22.7 Å². The molecule has 0 amide bonds. The van der Waals surface area contributed by atoms with Crippen LogP contribution >= 0.6 is 0 Å². The number of nitrogens with zero attached hydrogens (tertiary/aromatic N) is 6. The van der Waals surface area contributed by atoms with Gasteiger partial charge in [0.15, 0.2) is 0 Å². The minimum absolute atomic E-state index is 0.0141. The fourth-order valence-electron chi connectivity index (χ4n) is 1.97. The molecule has 2 aromatic heterocycles. The molecule has 0 aliphatic heterocycles. The molecule has 6 nitrogen and oxygen atoms in total. The molecule has 1 aliphatic carbocycles. The van der Waals surface area contributed by atoms with E-state index in [0.717, 1.165) is 24.5 Å². The molecule has 28 heavy (non-hydrogen) atoms. The number of aromatic nitrogens is 4. The SMILES string of the molecule is N#CC1(c2nccc(C(F)(F)F)n2)CC1.N#CCc1nccc(C(F)(F)F)n1. The topological polar surface area (TPSA) is 99.1 Å². The minimum Gasteiger partial charge on any atom is -0.240 e. The highest BCUT2D eigenvalue weighted by Gasteiger charge is 2.48. The van der Waals surface area contributed by atoms with E-state index >= 15 is 0 Å². The first kappa shape index (κ1) is 21.0. The molecule has 0 spiro atoms. The van der Waals surface area contributed by atoms with Crippen molar-refractivity contribution < 1.29 is 26.3 Å². The molecule has 1 saturated carbocycles. The van der Waals surface area contributed by atoms with Crippen molar-refractivity contribution in [2.24, 2.45) is 0 Å². The third-order valence-electron chi connectivity index (χ3n) is 3.57. The first-order valence-corrected chi connectivity index (χ1v) is 7.60. The van der Waals surface area contributed by atoms with Crippen LogP contribution < -0.4 is 0 Å². The third-order valence-corrected chi connectivity index (χ3v) is 3.57. The fourth-order valence-corrected chi connectivity index (χ4v) is 1.97. The van der Waals surface area contributed by atoms with Gasteiger partial charge in [0.2, 0.25) is 0 Å². The minimum atomic E-state index is -4.48. The Morgan fingerprint density at radius 1 is 0.893 bits per heavy atom. The molecule has 146 valence electrons. The van der Waals surface area contributed by atoms with Crippen LogP contribution in [0.4, 0.5) is 26.3 Å². The number of rotatable bonds is 2. The van der Waals surface area contributed by atoms with E-state index in [1.165, 1.54) is 0 Å². The van der Waals surface area contributed by atoms with Gasteiger partial charge in [-0.25, -0.2) is 19.9 Å². The average Bonchev–Trinajstić information content (AvgIpc) is 3.43. The maximum atomic E-state index is 12.3. The Hall–Kier alpha value is -3.28. The van der Waals surface area contributed by atoms with Crippen LogP contribution in [0.2, 0.25) is 0 Å². The molecule has 0 saturated heterocycles. The lowest BCUT2D eigenvalue weighted by Gasteiger charge is -2.08. The lowest BCUT2D eigenvalue weighted by molar-refractivity contribution is -0.142. The molecule has 0 N–H and O–H groups in total. The molecule has 0 radical (unpaired) electrons. The van der Waals surface area contributed by atoms with Gasteiger partial charge in [0, 0.05) is 12.4 Å². The Bertz CT molecular complexity index is 921. The Kier molecular flexibility index (Phi) is 5.83. The molecule has 0 aromatic carbocycles. The molecule has 1 fully saturated rings. The summed E-state index contributed by atoms with van der Waals surface area (Å²) in [7, 11) is 0. The van der Waals surface area contributed by atoms with Gasteiger partial charge in [-0.1, -0.05) is 0 Å². The van der Waals surface area contributed by atoms with Crippen LogP contribution in [0.15, 0.2) is 24.5 Å². The molecule has 1 aliphatic rings. The van der Waals surface area contributed by atoms with Crippen molar-refractivity contribution in [3.63, 3.8) is 0 Å². The summed E-state index contributed by atoms with van der Waals surface area (Å²) in [6, 6.07) is 5.19. The van der Waals surface area contributed by atoms with Crippen LogP contribution in [0.1, 0.15) is 35.9 Å². The van der Waals surface area contributed by atoms with Gasteiger partial charge in [-0.15, -0.1) is 0 Å². The van der Waals surface area contributed by atoms with Gasteiger partial charge in [-0.05, 0) is 25.0 Å². The Morgan fingerprint density at radius 2 is 1.43 bits per heavy atom. The fraction of sp³-hybridized carbons (Fsp3) is 0.375. The van der Waals surface area contributed by atoms with Gasteiger partial charge in [-0.3, -0.25) is 0 Å². The second kappa shape index (κ2) is 7.76. The zero-order chi connectivity index (χ0) is 21.0.